The Labute approximate surface area is 97.0 Å². The lowest BCUT2D eigenvalue weighted by Gasteiger charge is -2.12. The molecule has 1 aromatic carbocycles. The van der Waals surface area contributed by atoms with Crippen LogP contribution in [0.1, 0.15) is 25.5 Å². The predicted molar refractivity (Wildman–Crippen MR) is 69.5 cm³/mol. The molecule has 0 heterocycles. The minimum Gasteiger partial charge on any atom is -0.310 e. The van der Waals surface area contributed by atoms with Gasteiger partial charge in [-0.2, -0.15) is 0 Å². The van der Waals surface area contributed by atoms with Crippen molar-refractivity contribution in [3.05, 3.63) is 42.5 Å². The molecule has 1 rings (SSSR count). The molecule has 1 aromatic rings. The van der Waals surface area contributed by atoms with Crippen molar-refractivity contribution in [1.29, 1.82) is 0 Å². The smallest absolute Gasteiger partial charge is 0.0291 e. The standard InChI is InChI=1S/C13H19NS/c1-4-10-15-13-8-6-12(7-9-13)11(3)14-5-2/h4,6-9,11,14H,1,5,10H2,2-3H3. The lowest BCUT2D eigenvalue weighted by Crippen LogP contribution is -2.17. The van der Waals surface area contributed by atoms with Crippen LogP contribution < -0.4 is 5.32 Å². The highest BCUT2D eigenvalue weighted by atomic mass is 32.2. The summed E-state index contributed by atoms with van der Waals surface area (Å²) in [5.74, 6) is 0.974. The summed E-state index contributed by atoms with van der Waals surface area (Å²) in [4.78, 5) is 1.31. The van der Waals surface area contributed by atoms with E-state index in [9.17, 15) is 0 Å². The van der Waals surface area contributed by atoms with E-state index in [4.69, 9.17) is 0 Å². The van der Waals surface area contributed by atoms with Crippen molar-refractivity contribution in [3.63, 3.8) is 0 Å². The maximum Gasteiger partial charge on any atom is 0.0291 e. The topological polar surface area (TPSA) is 12.0 Å². The molecule has 0 bridgehead atoms. The first-order valence-corrected chi connectivity index (χ1v) is 6.33. The number of nitrogens with one attached hydrogen (secondary N) is 1. The van der Waals surface area contributed by atoms with E-state index in [1.807, 2.05) is 17.8 Å². The van der Waals surface area contributed by atoms with E-state index < -0.39 is 0 Å². The average Bonchev–Trinajstić information content (AvgIpc) is 2.27. The quantitative estimate of drug-likeness (QED) is 0.581. The van der Waals surface area contributed by atoms with Crippen LogP contribution in [0.4, 0.5) is 0 Å². The first-order chi connectivity index (χ1) is 7.27. The first kappa shape index (κ1) is 12.3. The fourth-order valence-corrected chi connectivity index (χ4v) is 2.07. The van der Waals surface area contributed by atoms with Crippen LogP contribution in [-0.2, 0) is 0 Å². The third-order valence-electron chi connectivity index (χ3n) is 2.26. The summed E-state index contributed by atoms with van der Waals surface area (Å²) in [5.41, 5.74) is 1.35. The van der Waals surface area contributed by atoms with Gasteiger partial charge in [0, 0.05) is 16.7 Å². The first-order valence-electron chi connectivity index (χ1n) is 5.35. The van der Waals surface area contributed by atoms with Crippen LogP contribution in [0.2, 0.25) is 0 Å². The van der Waals surface area contributed by atoms with Crippen LogP contribution in [0.5, 0.6) is 0 Å². The molecule has 0 aliphatic carbocycles. The van der Waals surface area contributed by atoms with E-state index in [-0.39, 0.29) is 0 Å². The Hall–Kier alpha value is -0.730. The maximum absolute atomic E-state index is 3.72. The van der Waals surface area contributed by atoms with Crippen molar-refractivity contribution >= 4 is 11.8 Å². The van der Waals surface area contributed by atoms with Crippen molar-refractivity contribution in [3.8, 4) is 0 Å². The molecule has 1 atom stereocenters. The molecule has 1 unspecified atom stereocenters. The number of benzene rings is 1. The number of hydrogen-bond donors (Lipinski definition) is 1. The summed E-state index contributed by atoms with van der Waals surface area (Å²) in [5, 5.41) is 3.40. The predicted octanol–water partition coefficient (Wildman–Crippen LogP) is 3.64. The van der Waals surface area contributed by atoms with Gasteiger partial charge in [-0.3, -0.25) is 0 Å². The van der Waals surface area contributed by atoms with Gasteiger partial charge < -0.3 is 5.32 Å². The molecule has 0 aliphatic rings. The molecule has 1 nitrogen and oxygen atoms in total. The Bertz CT molecular complexity index is 292. The zero-order valence-corrected chi connectivity index (χ0v) is 10.3. The normalized spacial score (nSPS) is 12.4. The van der Waals surface area contributed by atoms with E-state index in [1.165, 1.54) is 10.5 Å². The van der Waals surface area contributed by atoms with Gasteiger partial charge in [-0.25, -0.2) is 0 Å². The van der Waals surface area contributed by atoms with Crippen molar-refractivity contribution in [2.45, 2.75) is 24.8 Å². The monoisotopic (exact) mass is 221 g/mol. The third kappa shape index (κ3) is 4.10. The molecular weight excluding hydrogens is 202 g/mol. The molecular formula is C13H19NS. The van der Waals surface area contributed by atoms with E-state index in [2.05, 4.69) is 50.0 Å². The molecule has 0 aromatic heterocycles. The molecule has 0 spiro atoms. The summed E-state index contributed by atoms with van der Waals surface area (Å²) >= 11 is 1.82. The summed E-state index contributed by atoms with van der Waals surface area (Å²) < 4.78 is 0. The van der Waals surface area contributed by atoms with Gasteiger partial charge >= 0.3 is 0 Å². The lowest BCUT2D eigenvalue weighted by molar-refractivity contribution is 0.598. The second kappa shape index (κ2) is 6.70. The summed E-state index contributed by atoms with van der Waals surface area (Å²) in [6, 6.07) is 9.18. The molecule has 0 radical (unpaired) electrons. The molecule has 1 N–H and O–H groups in total. The van der Waals surface area contributed by atoms with Gasteiger partial charge in [-0.1, -0.05) is 25.1 Å². The van der Waals surface area contributed by atoms with E-state index in [1.54, 1.807) is 0 Å². The molecule has 0 amide bonds. The SMILES string of the molecule is C=CCSc1ccc(C(C)NCC)cc1. The lowest BCUT2D eigenvalue weighted by atomic mass is 10.1. The number of thioether (sulfide) groups is 1. The third-order valence-corrected chi connectivity index (χ3v) is 3.27. The largest absolute Gasteiger partial charge is 0.310 e. The van der Waals surface area contributed by atoms with Gasteiger partial charge in [0.25, 0.3) is 0 Å². The summed E-state index contributed by atoms with van der Waals surface area (Å²) in [6.07, 6.45) is 1.93. The highest BCUT2D eigenvalue weighted by Gasteiger charge is 2.02. The Morgan fingerprint density at radius 3 is 2.60 bits per heavy atom. The van der Waals surface area contributed by atoms with Crippen LogP contribution in [0.15, 0.2) is 41.8 Å². The second-order valence-corrected chi connectivity index (χ2v) is 4.54. The van der Waals surface area contributed by atoms with Crippen LogP contribution in [-0.4, -0.2) is 12.3 Å². The maximum atomic E-state index is 3.72. The van der Waals surface area contributed by atoms with E-state index in [0.29, 0.717) is 6.04 Å². The van der Waals surface area contributed by atoms with Crippen molar-refractivity contribution < 1.29 is 0 Å². The highest BCUT2D eigenvalue weighted by Crippen LogP contribution is 2.20. The van der Waals surface area contributed by atoms with Crippen molar-refractivity contribution in [2.75, 3.05) is 12.3 Å². The van der Waals surface area contributed by atoms with Crippen LogP contribution in [0, 0.1) is 0 Å². The summed E-state index contributed by atoms with van der Waals surface area (Å²) in [6.45, 7) is 9.04. The Morgan fingerprint density at radius 1 is 1.40 bits per heavy atom. The zero-order chi connectivity index (χ0) is 11.1. The molecule has 0 saturated heterocycles. The van der Waals surface area contributed by atoms with Gasteiger partial charge in [0.2, 0.25) is 0 Å². The van der Waals surface area contributed by atoms with E-state index >= 15 is 0 Å². The Kier molecular flexibility index (Phi) is 5.51. The zero-order valence-electron chi connectivity index (χ0n) is 9.49. The fourth-order valence-electron chi connectivity index (χ4n) is 1.43. The molecule has 2 heteroatoms. The minimum absolute atomic E-state index is 0.438. The fraction of sp³-hybridized carbons (Fsp3) is 0.385. The highest BCUT2D eigenvalue weighted by molar-refractivity contribution is 7.99. The average molecular weight is 221 g/mol. The van der Waals surface area contributed by atoms with Gasteiger partial charge in [-0.15, -0.1) is 18.3 Å². The van der Waals surface area contributed by atoms with Crippen molar-refractivity contribution in [1.82, 2.24) is 5.32 Å². The molecule has 15 heavy (non-hydrogen) atoms. The Morgan fingerprint density at radius 2 is 2.07 bits per heavy atom. The molecule has 0 saturated carbocycles. The molecule has 0 fully saturated rings. The van der Waals surface area contributed by atoms with Crippen LogP contribution in [0.25, 0.3) is 0 Å². The van der Waals surface area contributed by atoms with E-state index in [0.717, 1.165) is 12.3 Å². The number of hydrogen-bond acceptors (Lipinski definition) is 2. The van der Waals surface area contributed by atoms with Gasteiger partial charge in [0.15, 0.2) is 0 Å². The minimum atomic E-state index is 0.438. The molecule has 82 valence electrons. The van der Waals surface area contributed by atoms with Crippen molar-refractivity contribution in [2.24, 2.45) is 0 Å². The van der Waals surface area contributed by atoms with Gasteiger partial charge in [-0.05, 0) is 31.2 Å². The van der Waals surface area contributed by atoms with Gasteiger partial charge in [0.1, 0.15) is 0 Å². The number of rotatable bonds is 6. The van der Waals surface area contributed by atoms with Gasteiger partial charge in [0.05, 0.1) is 0 Å². The second-order valence-electron chi connectivity index (χ2n) is 3.45. The Balaban J connectivity index is 2.58. The van der Waals surface area contributed by atoms with Crippen LogP contribution in [0.3, 0.4) is 0 Å². The summed E-state index contributed by atoms with van der Waals surface area (Å²) in [7, 11) is 0. The molecule has 0 aliphatic heterocycles. The van der Waals surface area contributed by atoms with Crippen LogP contribution >= 0.6 is 11.8 Å².